The number of halogens is 1. The van der Waals surface area contributed by atoms with Crippen LogP contribution in [0.15, 0.2) is 12.4 Å². The number of carbonyl (C=O) groups is 1. The zero-order chi connectivity index (χ0) is 11.5. The molecule has 0 spiro atoms. The normalized spacial score (nSPS) is 17.8. The van der Waals surface area contributed by atoms with Crippen LogP contribution in [-0.2, 0) is 4.79 Å². The zero-order valence-corrected chi connectivity index (χ0v) is 11.6. The number of rotatable bonds is 2. The standard InChI is InChI=1S/C11H16IN3O/c1-2-11(16)14-5-3-10(4-6-14)15-8-9(12)7-13-15/h7-8,10H,2-6H2,1H3. The van der Waals surface area contributed by atoms with Crippen molar-refractivity contribution >= 4 is 28.5 Å². The summed E-state index contributed by atoms with van der Waals surface area (Å²) < 4.78 is 3.21. The van der Waals surface area contributed by atoms with Gasteiger partial charge in [-0.2, -0.15) is 5.10 Å². The fourth-order valence-corrected chi connectivity index (χ4v) is 2.53. The van der Waals surface area contributed by atoms with Crippen molar-refractivity contribution in [3.05, 3.63) is 16.0 Å². The molecule has 0 aliphatic carbocycles. The lowest BCUT2D eigenvalue weighted by Gasteiger charge is -2.31. The van der Waals surface area contributed by atoms with E-state index in [1.54, 1.807) is 0 Å². The molecule has 1 aliphatic rings. The second-order valence-electron chi connectivity index (χ2n) is 4.10. The van der Waals surface area contributed by atoms with E-state index < -0.39 is 0 Å². The highest BCUT2D eigenvalue weighted by Crippen LogP contribution is 2.22. The molecule has 0 radical (unpaired) electrons. The van der Waals surface area contributed by atoms with Crippen LogP contribution < -0.4 is 0 Å². The van der Waals surface area contributed by atoms with Gasteiger partial charge in [-0.05, 0) is 35.4 Å². The molecule has 1 fully saturated rings. The Morgan fingerprint density at radius 1 is 1.56 bits per heavy atom. The summed E-state index contributed by atoms with van der Waals surface area (Å²) in [7, 11) is 0. The smallest absolute Gasteiger partial charge is 0.222 e. The molecule has 0 saturated carbocycles. The Bertz CT molecular complexity index is 369. The lowest BCUT2D eigenvalue weighted by Crippen LogP contribution is -2.38. The second-order valence-corrected chi connectivity index (χ2v) is 5.35. The van der Waals surface area contributed by atoms with E-state index in [-0.39, 0.29) is 5.91 Å². The Morgan fingerprint density at radius 3 is 2.75 bits per heavy atom. The van der Waals surface area contributed by atoms with Gasteiger partial charge < -0.3 is 4.90 Å². The predicted molar refractivity (Wildman–Crippen MR) is 70.1 cm³/mol. The van der Waals surface area contributed by atoms with Gasteiger partial charge in [0, 0.05) is 25.7 Å². The first-order chi connectivity index (χ1) is 7.70. The molecule has 2 heterocycles. The van der Waals surface area contributed by atoms with E-state index in [2.05, 4.69) is 33.9 Å². The number of hydrogen-bond donors (Lipinski definition) is 0. The lowest BCUT2D eigenvalue weighted by molar-refractivity contribution is -0.132. The maximum Gasteiger partial charge on any atom is 0.222 e. The molecule has 1 amide bonds. The van der Waals surface area contributed by atoms with Crippen LogP contribution in [0.2, 0.25) is 0 Å². The highest BCUT2D eigenvalue weighted by Gasteiger charge is 2.23. The van der Waals surface area contributed by atoms with E-state index in [4.69, 9.17) is 0 Å². The first-order valence-corrected chi connectivity index (χ1v) is 6.76. The molecule has 88 valence electrons. The number of amides is 1. The van der Waals surface area contributed by atoms with Crippen LogP contribution in [0.1, 0.15) is 32.2 Å². The van der Waals surface area contributed by atoms with Gasteiger partial charge in [-0.3, -0.25) is 9.48 Å². The molecule has 0 bridgehead atoms. The molecular weight excluding hydrogens is 317 g/mol. The number of piperidine rings is 1. The molecule has 1 aromatic rings. The van der Waals surface area contributed by atoms with Crippen LogP contribution in [-0.4, -0.2) is 33.7 Å². The third-order valence-corrected chi connectivity index (χ3v) is 3.62. The molecule has 1 aromatic heterocycles. The first kappa shape index (κ1) is 11.9. The second kappa shape index (κ2) is 5.16. The van der Waals surface area contributed by atoms with Crippen molar-refractivity contribution in [2.24, 2.45) is 0 Å². The van der Waals surface area contributed by atoms with Crippen molar-refractivity contribution in [3.8, 4) is 0 Å². The Morgan fingerprint density at radius 2 is 2.25 bits per heavy atom. The molecule has 2 rings (SSSR count). The number of carbonyl (C=O) groups excluding carboxylic acids is 1. The summed E-state index contributed by atoms with van der Waals surface area (Å²) in [6.45, 7) is 3.66. The SMILES string of the molecule is CCC(=O)N1CCC(n2cc(I)cn2)CC1. The summed E-state index contributed by atoms with van der Waals surface area (Å²) in [5.41, 5.74) is 0. The Balaban J connectivity index is 1.92. The molecule has 1 aliphatic heterocycles. The van der Waals surface area contributed by atoms with Gasteiger partial charge in [-0.15, -0.1) is 0 Å². The minimum absolute atomic E-state index is 0.272. The summed E-state index contributed by atoms with van der Waals surface area (Å²) in [6, 6.07) is 0.462. The van der Waals surface area contributed by atoms with Gasteiger partial charge in [0.1, 0.15) is 0 Å². The van der Waals surface area contributed by atoms with Gasteiger partial charge in [-0.1, -0.05) is 6.92 Å². The van der Waals surface area contributed by atoms with E-state index in [0.717, 1.165) is 25.9 Å². The monoisotopic (exact) mass is 333 g/mol. The van der Waals surface area contributed by atoms with Crippen LogP contribution in [0.3, 0.4) is 0 Å². The van der Waals surface area contributed by atoms with Gasteiger partial charge in [0.05, 0.1) is 15.8 Å². The van der Waals surface area contributed by atoms with E-state index >= 15 is 0 Å². The van der Waals surface area contributed by atoms with Crippen LogP contribution in [0.4, 0.5) is 0 Å². The lowest BCUT2D eigenvalue weighted by atomic mass is 10.1. The van der Waals surface area contributed by atoms with Crippen LogP contribution in [0, 0.1) is 3.57 Å². The summed E-state index contributed by atoms with van der Waals surface area (Å²) in [5, 5.41) is 4.34. The van der Waals surface area contributed by atoms with Gasteiger partial charge in [-0.25, -0.2) is 0 Å². The fourth-order valence-electron chi connectivity index (χ4n) is 2.12. The Labute approximate surface area is 109 Å². The third kappa shape index (κ3) is 2.56. The number of nitrogens with zero attached hydrogens (tertiary/aromatic N) is 3. The van der Waals surface area contributed by atoms with Crippen molar-refractivity contribution in [2.75, 3.05) is 13.1 Å². The predicted octanol–water partition coefficient (Wildman–Crippen LogP) is 2.06. The average Bonchev–Trinajstić information content (AvgIpc) is 2.75. The Kier molecular flexibility index (Phi) is 3.83. The summed E-state index contributed by atoms with van der Waals surface area (Å²) >= 11 is 2.27. The topological polar surface area (TPSA) is 38.1 Å². The first-order valence-electron chi connectivity index (χ1n) is 5.68. The van der Waals surface area contributed by atoms with Gasteiger partial charge >= 0.3 is 0 Å². The van der Waals surface area contributed by atoms with E-state index in [9.17, 15) is 4.79 Å². The van der Waals surface area contributed by atoms with E-state index in [0.29, 0.717) is 12.5 Å². The van der Waals surface area contributed by atoms with Crippen molar-refractivity contribution in [2.45, 2.75) is 32.2 Å². The third-order valence-electron chi connectivity index (χ3n) is 3.06. The quantitative estimate of drug-likeness (QED) is 0.777. The average molecular weight is 333 g/mol. The van der Waals surface area contributed by atoms with Crippen LogP contribution in [0.5, 0.6) is 0 Å². The summed E-state index contributed by atoms with van der Waals surface area (Å²) in [5.74, 6) is 0.272. The maximum atomic E-state index is 11.5. The molecule has 0 aromatic carbocycles. The fraction of sp³-hybridized carbons (Fsp3) is 0.636. The summed E-state index contributed by atoms with van der Waals surface area (Å²) in [4.78, 5) is 13.5. The van der Waals surface area contributed by atoms with Gasteiger partial charge in [0.2, 0.25) is 5.91 Å². The maximum absolute atomic E-state index is 11.5. The van der Waals surface area contributed by atoms with Crippen LogP contribution in [0.25, 0.3) is 0 Å². The highest BCUT2D eigenvalue weighted by molar-refractivity contribution is 14.1. The number of likely N-dealkylation sites (tertiary alicyclic amines) is 1. The Hall–Kier alpha value is -0.590. The molecular formula is C11H16IN3O. The van der Waals surface area contributed by atoms with Crippen molar-refractivity contribution < 1.29 is 4.79 Å². The number of hydrogen-bond acceptors (Lipinski definition) is 2. The molecule has 1 saturated heterocycles. The molecule has 0 unspecified atom stereocenters. The van der Waals surface area contributed by atoms with Gasteiger partial charge in [0.25, 0.3) is 0 Å². The highest BCUT2D eigenvalue weighted by atomic mass is 127. The van der Waals surface area contributed by atoms with Crippen molar-refractivity contribution in [3.63, 3.8) is 0 Å². The van der Waals surface area contributed by atoms with Gasteiger partial charge in [0.15, 0.2) is 0 Å². The molecule has 5 heteroatoms. The number of aromatic nitrogens is 2. The van der Waals surface area contributed by atoms with Crippen molar-refractivity contribution in [1.82, 2.24) is 14.7 Å². The van der Waals surface area contributed by atoms with E-state index in [1.807, 2.05) is 22.7 Å². The minimum Gasteiger partial charge on any atom is -0.343 e. The van der Waals surface area contributed by atoms with E-state index in [1.165, 1.54) is 3.57 Å². The zero-order valence-electron chi connectivity index (χ0n) is 9.40. The minimum atomic E-state index is 0.272. The molecule has 4 nitrogen and oxygen atoms in total. The molecule has 0 N–H and O–H groups in total. The largest absolute Gasteiger partial charge is 0.343 e. The van der Waals surface area contributed by atoms with Crippen molar-refractivity contribution in [1.29, 1.82) is 0 Å². The summed E-state index contributed by atoms with van der Waals surface area (Å²) in [6.07, 6.45) is 6.60. The molecule has 0 atom stereocenters. The van der Waals surface area contributed by atoms with Crippen LogP contribution >= 0.6 is 22.6 Å². The molecule has 16 heavy (non-hydrogen) atoms.